The van der Waals surface area contributed by atoms with Crippen LogP contribution in [-0.4, -0.2) is 11.7 Å². The molecule has 0 N–H and O–H groups in total. The molecular formula is C10H10ClO2S-. The molecule has 0 fully saturated rings. The second kappa shape index (κ2) is 5.94. The number of hydrogen-bond donors (Lipinski definition) is 0. The number of hydrogen-bond acceptors (Lipinski definition) is 3. The molecule has 1 rings (SSSR count). The SMILES string of the molecule is O=C([O-])CCCSc1ccc(Cl)cc1. The van der Waals surface area contributed by atoms with Crippen LogP contribution in [0.25, 0.3) is 0 Å². The number of aliphatic carboxylic acids is 1. The second-order valence-electron chi connectivity index (χ2n) is 2.78. The van der Waals surface area contributed by atoms with Gasteiger partial charge in [-0.25, -0.2) is 0 Å². The largest absolute Gasteiger partial charge is 0.550 e. The van der Waals surface area contributed by atoms with E-state index in [-0.39, 0.29) is 6.42 Å². The van der Waals surface area contributed by atoms with E-state index >= 15 is 0 Å². The molecule has 0 unspecified atom stereocenters. The molecule has 0 saturated heterocycles. The van der Waals surface area contributed by atoms with Crippen LogP contribution in [0.5, 0.6) is 0 Å². The molecule has 0 atom stereocenters. The van der Waals surface area contributed by atoms with Crippen LogP contribution in [0.3, 0.4) is 0 Å². The van der Waals surface area contributed by atoms with E-state index in [1.807, 2.05) is 24.3 Å². The summed E-state index contributed by atoms with van der Waals surface area (Å²) in [7, 11) is 0. The van der Waals surface area contributed by atoms with Crippen molar-refractivity contribution in [3.05, 3.63) is 29.3 Å². The van der Waals surface area contributed by atoms with Gasteiger partial charge in [0, 0.05) is 15.9 Å². The van der Waals surface area contributed by atoms with Crippen molar-refractivity contribution < 1.29 is 9.90 Å². The molecular weight excluding hydrogens is 220 g/mol. The highest BCUT2D eigenvalue weighted by molar-refractivity contribution is 7.99. The lowest BCUT2D eigenvalue weighted by Gasteiger charge is -2.02. The van der Waals surface area contributed by atoms with E-state index < -0.39 is 5.97 Å². The van der Waals surface area contributed by atoms with Gasteiger partial charge in [0.1, 0.15) is 0 Å². The normalized spacial score (nSPS) is 10.1. The summed E-state index contributed by atoms with van der Waals surface area (Å²) in [5.41, 5.74) is 0. The average molecular weight is 230 g/mol. The topological polar surface area (TPSA) is 40.1 Å². The molecule has 14 heavy (non-hydrogen) atoms. The highest BCUT2D eigenvalue weighted by Crippen LogP contribution is 2.21. The zero-order chi connectivity index (χ0) is 10.4. The number of carbonyl (C=O) groups is 1. The van der Waals surface area contributed by atoms with Crippen molar-refractivity contribution in [3.8, 4) is 0 Å². The molecule has 1 aromatic carbocycles. The number of halogens is 1. The van der Waals surface area contributed by atoms with E-state index in [9.17, 15) is 9.90 Å². The maximum absolute atomic E-state index is 10.1. The Morgan fingerprint density at radius 2 is 2.00 bits per heavy atom. The van der Waals surface area contributed by atoms with Crippen LogP contribution in [0, 0.1) is 0 Å². The Morgan fingerprint density at radius 1 is 1.36 bits per heavy atom. The Bertz CT molecular complexity index is 297. The number of thioether (sulfide) groups is 1. The van der Waals surface area contributed by atoms with Crippen LogP contribution in [0.15, 0.2) is 29.2 Å². The van der Waals surface area contributed by atoms with Crippen molar-refractivity contribution in [2.24, 2.45) is 0 Å². The number of carboxylic acid groups (broad SMARTS) is 1. The first-order chi connectivity index (χ1) is 6.68. The first-order valence-corrected chi connectivity index (χ1v) is 5.63. The highest BCUT2D eigenvalue weighted by Gasteiger charge is 1.94. The van der Waals surface area contributed by atoms with Gasteiger partial charge in [0.05, 0.1) is 0 Å². The lowest BCUT2D eigenvalue weighted by atomic mass is 10.3. The Morgan fingerprint density at radius 3 is 2.57 bits per heavy atom. The van der Waals surface area contributed by atoms with E-state index in [1.54, 1.807) is 11.8 Å². The standard InChI is InChI=1S/C10H11ClO2S/c11-8-3-5-9(6-4-8)14-7-1-2-10(12)13/h3-6H,1-2,7H2,(H,12,13)/p-1. The van der Waals surface area contributed by atoms with Gasteiger partial charge < -0.3 is 9.90 Å². The molecule has 0 amide bonds. The Labute approximate surface area is 92.3 Å². The van der Waals surface area contributed by atoms with Crippen LogP contribution in [0.1, 0.15) is 12.8 Å². The maximum atomic E-state index is 10.1. The summed E-state index contributed by atoms with van der Waals surface area (Å²) in [5.74, 6) is -0.197. The third-order valence-corrected chi connectivity index (χ3v) is 2.96. The van der Waals surface area contributed by atoms with E-state index in [2.05, 4.69) is 0 Å². The van der Waals surface area contributed by atoms with Gasteiger partial charge in [-0.2, -0.15) is 0 Å². The molecule has 0 aromatic heterocycles. The van der Waals surface area contributed by atoms with Crippen LogP contribution in [0.2, 0.25) is 5.02 Å². The number of benzene rings is 1. The van der Waals surface area contributed by atoms with E-state index in [0.717, 1.165) is 10.6 Å². The van der Waals surface area contributed by atoms with Gasteiger partial charge >= 0.3 is 0 Å². The summed E-state index contributed by atoms with van der Waals surface area (Å²) >= 11 is 7.34. The third kappa shape index (κ3) is 4.53. The number of carboxylic acids is 1. The first kappa shape index (κ1) is 11.4. The molecule has 2 nitrogen and oxygen atoms in total. The van der Waals surface area contributed by atoms with Gasteiger partial charge in [-0.1, -0.05) is 11.6 Å². The Balaban J connectivity index is 2.25. The summed E-state index contributed by atoms with van der Waals surface area (Å²) in [6.45, 7) is 0. The monoisotopic (exact) mass is 229 g/mol. The minimum absolute atomic E-state index is 0.126. The summed E-state index contributed by atoms with van der Waals surface area (Å²) < 4.78 is 0. The molecule has 1 aromatic rings. The summed E-state index contributed by atoms with van der Waals surface area (Å²) in [4.78, 5) is 11.2. The minimum Gasteiger partial charge on any atom is -0.550 e. The fourth-order valence-electron chi connectivity index (χ4n) is 0.937. The van der Waals surface area contributed by atoms with E-state index in [1.165, 1.54) is 0 Å². The molecule has 0 bridgehead atoms. The van der Waals surface area contributed by atoms with Gasteiger partial charge in [0.2, 0.25) is 0 Å². The molecule has 0 aliphatic heterocycles. The fourth-order valence-corrected chi connectivity index (χ4v) is 1.92. The van der Waals surface area contributed by atoms with Gasteiger partial charge in [0.15, 0.2) is 0 Å². The Hall–Kier alpha value is -0.670. The van der Waals surface area contributed by atoms with E-state index in [4.69, 9.17) is 11.6 Å². The predicted molar refractivity (Wildman–Crippen MR) is 56.4 cm³/mol. The molecule has 0 heterocycles. The predicted octanol–water partition coefficient (Wildman–Crippen LogP) is 1.96. The van der Waals surface area contributed by atoms with Crippen molar-refractivity contribution in [1.29, 1.82) is 0 Å². The molecule has 0 saturated carbocycles. The fraction of sp³-hybridized carbons (Fsp3) is 0.300. The lowest BCUT2D eigenvalue weighted by molar-refractivity contribution is -0.305. The van der Waals surface area contributed by atoms with Crippen LogP contribution < -0.4 is 5.11 Å². The molecule has 0 spiro atoms. The van der Waals surface area contributed by atoms with Crippen LogP contribution in [0.4, 0.5) is 0 Å². The molecule has 0 radical (unpaired) electrons. The van der Waals surface area contributed by atoms with Crippen molar-refractivity contribution in [2.75, 3.05) is 5.75 Å². The maximum Gasteiger partial charge on any atom is 0.0414 e. The zero-order valence-corrected chi connectivity index (χ0v) is 9.11. The van der Waals surface area contributed by atoms with Gasteiger partial charge in [-0.3, -0.25) is 0 Å². The van der Waals surface area contributed by atoms with Crippen LogP contribution in [-0.2, 0) is 4.79 Å². The van der Waals surface area contributed by atoms with Crippen LogP contribution >= 0.6 is 23.4 Å². The highest BCUT2D eigenvalue weighted by atomic mass is 35.5. The zero-order valence-electron chi connectivity index (χ0n) is 7.53. The molecule has 76 valence electrons. The average Bonchev–Trinajstić information content (AvgIpc) is 2.15. The van der Waals surface area contributed by atoms with Crippen molar-refractivity contribution >= 4 is 29.3 Å². The summed E-state index contributed by atoms with van der Waals surface area (Å²) in [6, 6.07) is 7.49. The number of carbonyl (C=O) groups excluding carboxylic acids is 1. The molecule has 4 heteroatoms. The lowest BCUT2D eigenvalue weighted by Crippen LogP contribution is -2.21. The van der Waals surface area contributed by atoms with Crippen molar-refractivity contribution in [3.63, 3.8) is 0 Å². The quantitative estimate of drug-likeness (QED) is 0.573. The van der Waals surface area contributed by atoms with Crippen molar-refractivity contribution in [2.45, 2.75) is 17.7 Å². The van der Waals surface area contributed by atoms with Crippen molar-refractivity contribution in [1.82, 2.24) is 0 Å². The Kier molecular flexibility index (Phi) is 4.84. The smallest absolute Gasteiger partial charge is 0.0414 e. The first-order valence-electron chi connectivity index (χ1n) is 4.26. The summed E-state index contributed by atoms with van der Waals surface area (Å²) in [5, 5.41) is 10.8. The third-order valence-electron chi connectivity index (χ3n) is 1.61. The second-order valence-corrected chi connectivity index (χ2v) is 4.38. The van der Waals surface area contributed by atoms with Gasteiger partial charge in [-0.05, 0) is 42.9 Å². The molecule has 0 aliphatic carbocycles. The summed E-state index contributed by atoms with van der Waals surface area (Å²) in [6.07, 6.45) is 0.760. The molecule has 0 aliphatic rings. The van der Waals surface area contributed by atoms with Gasteiger partial charge in [-0.15, -0.1) is 11.8 Å². The van der Waals surface area contributed by atoms with E-state index in [0.29, 0.717) is 11.4 Å². The minimum atomic E-state index is -0.985. The van der Waals surface area contributed by atoms with Gasteiger partial charge in [0.25, 0.3) is 0 Å². The number of rotatable bonds is 5.